The van der Waals surface area contributed by atoms with Gasteiger partial charge < -0.3 is 15.0 Å². The van der Waals surface area contributed by atoms with Gasteiger partial charge in [0, 0.05) is 32.2 Å². The number of para-hydroxylation sites is 2. The number of hydrogen-bond donors (Lipinski definition) is 2. The molecule has 1 atom stereocenters. The second-order valence-electron chi connectivity index (χ2n) is 6.47. The average Bonchev–Trinajstić information content (AvgIpc) is 3.16. The van der Waals surface area contributed by atoms with Gasteiger partial charge in [0.15, 0.2) is 0 Å². The Morgan fingerprint density at radius 3 is 3.04 bits per heavy atom. The lowest BCUT2D eigenvalue weighted by atomic mass is 9.99. The molecule has 2 saturated heterocycles. The standard InChI is InChI=1S/C17H22N4O2/c22-16(18-8-13-4-3-7-23-13)11-21-9-12(10-21)17-19-14-5-1-2-6-15(14)20-17/h1-2,5-6,12-13H,3-4,7-11H2,(H,18,22)(H,19,20)/t13-/m1/s1. The monoisotopic (exact) mass is 314 g/mol. The lowest BCUT2D eigenvalue weighted by molar-refractivity contribution is -0.123. The molecule has 2 aliphatic rings. The Kier molecular flexibility index (Phi) is 4.01. The van der Waals surface area contributed by atoms with Crippen molar-refractivity contribution >= 4 is 16.9 Å². The molecule has 2 aliphatic heterocycles. The third kappa shape index (κ3) is 3.23. The van der Waals surface area contributed by atoms with Crippen LogP contribution < -0.4 is 5.32 Å². The van der Waals surface area contributed by atoms with Crippen LogP contribution in [-0.2, 0) is 9.53 Å². The number of aromatic nitrogens is 2. The van der Waals surface area contributed by atoms with Crippen LogP contribution in [0.5, 0.6) is 0 Å². The number of hydrogen-bond acceptors (Lipinski definition) is 4. The number of aromatic amines is 1. The minimum Gasteiger partial charge on any atom is -0.376 e. The van der Waals surface area contributed by atoms with E-state index in [1.54, 1.807) is 0 Å². The first kappa shape index (κ1) is 14.7. The van der Waals surface area contributed by atoms with E-state index in [-0.39, 0.29) is 12.0 Å². The fraction of sp³-hybridized carbons (Fsp3) is 0.529. The van der Waals surface area contributed by atoms with Gasteiger partial charge in [-0.15, -0.1) is 0 Å². The van der Waals surface area contributed by atoms with E-state index in [4.69, 9.17) is 4.74 Å². The highest BCUT2D eigenvalue weighted by molar-refractivity contribution is 5.78. The molecule has 0 spiro atoms. The Morgan fingerprint density at radius 2 is 2.26 bits per heavy atom. The lowest BCUT2D eigenvalue weighted by Gasteiger charge is -2.37. The summed E-state index contributed by atoms with van der Waals surface area (Å²) in [4.78, 5) is 22.1. The summed E-state index contributed by atoms with van der Waals surface area (Å²) < 4.78 is 5.51. The quantitative estimate of drug-likeness (QED) is 0.871. The van der Waals surface area contributed by atoms with Crippen LogP contribution in [-0.4, -0.2) is 59.7 Å². The van der Waals surface area contributed by atoms with Crippen LogP contribution in [0, 0.1) is 0 Å². The van der Waals surface area contributed by atoms with E-state index in [0.29, 0.717) is 19.0 Å². The van der Waals surface area contributed by atoms with Crippen LogP contribution in [0.15, 0.2) is 24.3 Å². The number of amides is 1. The second kappa shape index (κ2) is 6.29. The molecule has 0 bridgehead atoms. The summed E-state index contributed by atoms with van der Waals surface area (Å²) in [6.45, 7) is 3.69. The zero-order valence-corrected chi connectivity index (χ0v) is 13.1. The molecule has 3 heterocycles. The predicted octanol–water partition coefficient (Wildman–Crippen LogP) is 1.26. The minimum atomic E-state index is 0.0866. The van der Waals surface area contributed by atoms with Crippen LogP contribution in [0.25, 0.3) is 11.0 Å². The maximum atomic E-state index is 12.0. The fourth-order valence-electron chi connectivity index (χ4n) is 3.33. The summed E-state index contributed by atoms with van der Waals surface area (Å²) in [6, 6.07) is 8.07. The number of ether oxygens (including phenoxy) is 1. The molecule has 1 aromatic heterocycles. The summed E-state index contributed by atoms with van der Waals surface area (Å²) in [7, 11) is 0. The molecule has 6 nitrogen and oxygen atoms in total. The van der Waals surface area contributed by atoms with Gasteiger partial charge in [-0.3, -0.25) is 9.69 Å². The van der Waals surface area contributed by atoms with E-state index >= 15 is 0 Å². The lowest BCUT2D eigenvalue weighted by Crippen LogP contribution is -2.50. The highest BCUT2D eigenvalue weighted by Gasteiger charge is 2.31. The van der Waals surface area contributed by atoms with Crippen LogP contribution >= 0.6 is 0 Å². The number of carbonyl (C=O) groups is 1. The molecule has 0 aliphatic carbocycles. The highest BCUT2D eigenvalue weighted by atomic mass is 16.5. The van der Waals surface area contributed by atoms with Crippen molar-refractivity contribution in [2.75, 3.05) is 32.8 Å². The van der Waals surface area contributed by atoms with Gasteiger partial charge in [0.1, 0.15) is 5.82 Å². The molecule has 2 fully saturated rings. The summed E-state index contributed by atoms with van der Waals surface area (Å²) in [5.41, 5.74) is 2.09. The second-order valence-corrected chi connectivity index (χ2v) is 6.47. The molecule has 6 heteroatoms. The average molecular weight is 314 g/mol. The Labute approximate surface area is 135 Å². The SMILES string of the molecule is O=C(CN1CC(c2nc3ccccc3[nH]2)C1)NC[C@H]1CCCO1. The molecule has 0 unspecified atom stereocenters. The van der Waals surface area contributed by atoms with Crippen molar-refractivity contribution in [3.63, 3.8) is 0 Å². The van der Waals surface area contributed by atoms with E-state index in [0.717, 1.165) is 49.4 Å². The molecule has 122 valence electrons. The molecular weight excluding hydrogens is 292 g/mol. The zero-order chi connectivity index (χ0) is 15.6. The fourth-order valence-corrected chi connectivity index (χ4v) is 3.33. The third-order valence-electron chi connectivity index (χ3n) is 4.67. The largest absolute Gasteiger partial charge is 0.376 e. The molecule has 4 rings (SSSR count). The molecule has 1 aromatic carbocycles. The van der Waals surface area contributed by atoms with Crippen molar-refractivity contribution in [3.8, 4) is 0 Å². The zero-order valence-electron chi connectivity index (χ0n) is 13.1. The van der Waals surface area contributed by atoms with Crippen molar-refractivity contribution in [3.05, 3.63) is 30.1 Å². The van der Waals surface area contributed by atoms with Crippen LogP contribution in [0.4, 0.5) is 0 Å². The van der Waals surface area contributed by atoms with Crippen LogP contribution in [0.1, 0.15) is 24.6 Å². The number of rotatable bonds is 5. The third-order valence-corrected chi connectivity index (χ3v) is 4.67. The van der Waals surface area contributed by atoms with E-state index < -0.39 is 0 Å². The van der Waals surface area contributed by atoms with Crippen molar-refractivity contribution < 1.29 is 9.53 Å². The van der Waals surface area contributed by atoms with E-state index in [1.165, 1.54) is 0 Å². The maximum Gasteiger partial charge on any atom is 0.234 e. The number of imidazole rings is 1. The molecular formula is C17H22N4O2. The first-order valence-electron chi connectivity index (χ1n) is 8.33. The minimum absolute atomic E-state index is 0.0866. The molecule has 1 amide bonds. The van der Waals surface area contributed by atoms with Crippen molar-refractivity contribution in [1.82, 2.24) is 20.2 Å². The highest BCUT2D eigenvalue weighted by Crippen LogP contribution is 2.26. The summed E-state index contributed by atoms with van der Waals surface area (Å²) >= 11 is 0. The number of nitrogens with zero attached hydrogens (tertiary/aromatic N) is 2. The van der Waals surface area contributed by atoms with Crippen molar-refractivity contribution in [1.29, 1.82) is 0 Å². The Morgan fingerprint density at radius 1 is 1.39 bits per heavy atom. The number of nitrogens with one attached hydrogen (secondary N) is 2. The Balaban J connectivity index is 1.23. The van der Waals surface area contributed by atoms with Crippen LogP contribution in [0.2, 0.25) is 0 Å². The van der Waals surface area contributed by atoms with Gasteiger partial charge in [-0.1, -0.05) is 12.1 Å². The summed E-state index contributed by atoms with van der Waals surface area (Å²) in [5.74, 6) is 1.51. The first-order chi connectivity index (χ1) is 11.3. The topological polar surface area (TPSA) is 70.2 Å². The maximum absolute atomic E-state index is 12.0. The van der Waals surface area contributed by atoms with Gasteiger partial charge >= 0.3 is 0 Å². The van der Waals surface area contributed by atoms with E-state index in [1.807, 2.05) is 24.3 Å². The smallest absolute Gasteiger partial charge is 0.234 e. The Bertz CT molecular complexity index is 654. The van der Waals surface area contributed by atoms with Gasteiger partial charge in [-0.05, 0) is 25.0 Å². The summed E-state index contributed by atoms with van der Waals surface area (Å²) in [5, 5.41) is 2.97. The number of H-pyrrole nitrogens is 1. The van der Waals surface area contributed by atoms with E-state index in [2.05, 4.69) is 20.2 Å². The van der Waals surface area contributed by atoms with Crippen molar-refractivity contribution in [2.45, 2.75) is 24.9 Å². The van der Waals surface area contributed by atoms with E-state index in [9.17, 15) is 4.79 Å². The number of likely N-dealkylation sites (tertiary alicyclic amines) is 1. The van der Waals surface area contributed by atoms with Gasteiger partial charge in [0.2, 0.25) is 5.91 Å². The number of fused-ring (bicyclic) bond motifs is 1. The van der Waals surface area contributed by atoms with Crippen LogP contribution in [0.3, 0.4) is 0 Å². The summed E-state index contributed by atoms with van der Waals surface area (Å²) in [6.07, 6.45) is 2.36. The molecule has 0 saturated carbocycles. The molecule has 0 radical (unpaired) electrons. The molecule has 2 aromatic rings. The molecule has 23 heavy (non-hydrogen) atoms. The number of benzene rings is 1. The Hall–Kier alpha value is -1.92. The van der Waals surface area contributed by atoms with Gasteiger partial charge in [0.05, 0.1) is 23.7 Å². The van der Waals surface area contributed by atoms with Crippen molar-refractivity contribution in [2.24, 2.45) is 0 Å². The number of carbonyl (C=O) groups excluding carboxylic acids is 1. The predicted molar refractivity (Wildman–Crippen MR) is 87.3 cm³/mol. The normalized spacial score (nSPS) is 22.3. The van der Waals surface area contributed by atoms with Gasteiger partial charge in [0.25, 0.3) is 0 Å². The van der Waals surface area contributed by atoms with Gasteiger partial charge in [-0.2, -0.15) is 0 Å². The first-order valence-corrected chi connectivity index (χ1v) is 8.33. The van der Waals surface area contributed by atoms with Gasteiger partial charge in [-0.25, -0.2) is 4.98 Å². The molecule has 2 N–H and O–H groups in total.